The molecule has 0 unspecified atom stereocenters. The van der Waals surface area contributed by atoms with Crippen LogP contribution >= 0.6 is 0 Å². The highest BCUT2D eigenvalue weighted by atomic mass is 16.5. The Kier molecular flexibility index (Phi) is 7.16. The molecule has 3 rings (SSSR count). The van der Waals surface area contributed by atoms with Crippen LogP contribution in [-0.2, 0) is 27.4 Å². The van der Waals surface area contributed by atoms with Crippen molar-refractivity contribution >= 4 is 17.8 Å². The van der Waals surface area contributed by atoms with E-state index in [1.165, 1.54) is 6.07 Å². The molecule has 0 fully saturated rings. The number of ether oxygens (including phenoxy) is 2. The van der Waals surface area contributed by atoms with Crippen molar-refractivity contribution in [3.8, 4) is 5.75 Å². The van der Waals surface area contributed by atoms with Gasteiger partial charge in [-0.3, -0.25) is 14.9 Å². The summed E-state index contributed by atoms with van der Waals surface area (Å²) >= 11 is 0. The van der Waals surface area contributed by atoms with Gasteiger partial charge >= 0.3 is 5.97 Å². The summed E-state index contributed by atoms with van der Waals surface area (Å²) in [5, 5.41) is 6.07. The minimum Gasteiger partial charge on any atom is -0.489 e. The molecule has 0 aliphatic rings. The van der Waals surface area contributed by atoms with E-state index in [-0.39, 0.29) is 18.6 Å². The number of aryl methyl sites for hydroxylation is 2. The summed E-state index contributed by atoms with van der Waals surface area (Å²) in [4.78, 5) is 36.0. The van der Waals surface area contributed by atoms with Gasteiger partial charge in [0.15, 0.2) is 6.61 Å². The summed E-state index contributed by atoms with van der Waals surface area (Å²) in [6, 6.07) is 15.4. The molecule has 3 aromatic rings. The number of hydrogen-bond donors (Lipinski definition) is 1. The lowest BCUT2D eigenvalue weighted by Gasteiger charge is -2.09. The van der Waals surface area contributed by atoms with Crippen molar-refractivity contribution in [3.05, 3.63) is 82.7 Å². The molecule has 8 nitrogen and oxygen atoms in total. The van der Waals surface area contributed by atoms with E-state index in [1.807, 2.05) is 13.0 Å². The van der Waals surface area contributed by atoms with Crippen molar-refractivity contribution in [3.63, 3.8) is 0 Å². The van der Waals surface area contributed by atoms with Crippen LogP contribution in [0.5, 0.6) is 5.75 Å². The number of esters is 1. The van der Waals surface area contributed by atoms with E-state index in [0.717, 1.165) is 16.8 Å². The molecule has 31 heavy (non-hydrogen) atoms. The van der Waals surface area contributed by atoms with E-state index < -0.39 is 24.4 Å². The third-order valence-corrected chi connectivity index (χ3v) is 4.45. The second-order valence-corrected chi connectivity index (χ2v) is 6.83. The van der Waals surface area contributed by atoms with E-state index in [0.29, 0.717) is 11.5 Å². The van der Waals surface area contributed by atoms with E-state index in [4.69, 9.17) is 14.0 Å². The zero-order chi connectivity index (χ0) is 22.2. The molecule has 0 radical (unpaired) electrons. The fourth-order valence-corrected chi connectivity index (χ4v) is 2.81. The number of nitrogens with zero attached hydrogens (tertiary/aromatic N) is 1. The van der Waals surface area contributed by atoms with Gasteiger partial charge in [0.25, 0.3) is 5.91 Å². The molecule has 0 atom stereocenters. The van der Waals surface area contributed by atoms with Crippen LogP contribution in [0.15, 0.2) is 59.1 Å². The Labute approximate surface area is 179 Å². The fraction of sp³-hybridized carbons (Fsp3) is 0.217. The zero-order valence-corrected chi connectivity index (χ0v) is 17.2. The van der Waals surface area contributed by atoms with Crippen LogP contribution in [-0.4, -0.2) is 29.5 Å². The number of rotatable bonds is 8. The number of hydrogen-bond acceptors (Lipinski definition) is 7. The molecule has 1 heterocycles. The summed E-state index contributed by atoms with van der Waals surface area (Å²) in [6.45, 7) is 3.29. The van der Waals surface area contributed by atoms with Gasteiger partial charge in [-0.15, -0.1) is 0 Å². The molecule has 2 amide bonds. The first-order chi connectivity index (χ1) is 14.9. The maximum Gasteiger partial charge on any atom is 0.338 e. The quantitative estimate of drug-likeness (QED) is 0.556. The van der Waals surface area contributed by atoms with Crippen molar-refractivity contribution in [1.82, 2.24) is 10.5 Å². The minimum atomic E-state index is -0.701. The van der Waals surface area contributed by atoms with Gasteiger partial charge in [-0.2, -0.15) is 0 Å². The van der Waals surface area contributed by atoms with Gasteiger partial charge in [-0.25, -0.2) is 4.79 Å². The average molecular weight is 422 g/mol. The SMILES string of the molecule is Cc1noc(C)c1COc1cccc(C(=O)OCC(=O)NC(=O)Cc2ccccc2)c1. The molecule has 0 spiro atoms. The van der Waals surface area contributed by atoms with Crippen molar-refractivity contribution in [1.29, 1.82) is 0 Å². The van der Waals surface area contributed by atoms with Crippen LogP contribution in [0.25, 0.3) is 0 Å². The van der Waals surface area contributed by atoms with Crippen LogP contribution in [0, 0.1) is 13.8 Å². The molecule has 0 aliphatic carbocycles. The molecule has 160 valence electrons. The summed E-state index contributed by atoms with van der Waals surface area (Å²) in [7, 11) is 0. The monoisotopic (exact) mass is 422 g/mol. The normalized spacial score (nSPS) is 10.4. The van der Waals surface area contributed by atoms with E-state index in [2.05, 4.69) is 10.5 Å². The van der Waals surface area contributed by atoms with Crippen LogP contribution in [0.1, 0.15) is 32.9 Å². The number of imide groups is 1. The molecule has 0 saturated carbocycles. The molecule has 0 bridgehead atoms. The molecule has 8 heteroatoms. The summed E-state index contributed by atoms with van der Waals surface area (Å²) in [5.41, 5.74) is 2.57. The summed E-state index contributed by atoms with van der Waals surface area (Å²) in [5.74, 6) is -0.742. The summed E-state index contributed by atoms with van der Waals surface area (Å²) in [6.07, 6.45) is 0.0606. The lowest BCUT2D eigenvalue weighted by atomic mass is 10.1. The predicted octanol–water partition coefficient (Wildman–Crippen LogP) is 2.91. The largest absolute Gasteiger partial charge is 0.489 e. The molecular weight excluding hydrogens is 400 g/mol. The zero-order valence-electron chi connectivity index (χ0n) is 17.2. The molecule has 2 aromatic carbocycles. The maximum absolute atomic E-state index is 12.3. The molecule has 0 aliphatic heterocycles. The van der Waals surface area contributed by atoms with Crippen molar-refractivity contribution in [2.75, 3.05) is 6.61 Å². The topological polar surface area (TPSA) is 108 Å². The predicted molar refractivity (Wildman–Crippen MR) is 110 cm³/mol. The Morgan fingerprint density at radius 1 is 1.00 bits per heavy atom. The Bertz CT molecular complexity index is 1060. The number of aromatic nitrogens is 1. The number of carbonyl (C=O) groups is 3. The van der Waals surface area contributed by atoms with Gasteiger partial charge in [0.2, 0.25) is 5.91 Å². The Morgan fingerprint density at radius 3 is 2.48 bits per heavy atom. The van der Waals surface area contributed by atoms with E-state index in [9.17, 15) is 14.4 Å². The summed E-state index contributed by atoms with van der Waals surface area (Å²) < 4.78 is 15.8. The third kappa shape index (κ3) is 6.27. The highest BCUT2D eigenvalue weighted by Crippen LogP contribution is 2.19. The van der Waals surface area contributed by atoms with Crippen LogP contribution in [0.3, 0.4) is 0 Å². The lowest BCUT2D eigenvalue weighted by molar-refractivity contribution is -0.132. The first kappa shape index (κ1) is 21.8. The second kappa shape index (κ2) is 10.2. The molecule has 1 N–H and O–H groups in total. The Hall–Kier alpha value is -3.94. The highest BCUT2D eigenvalue weighted by molar-refractivity contribution is 5.98. The van der Waals surface area contributed by atoms with Gasteiger partial charge in [-0.1, -0.05) is 41.6 Å². The van der Waals surface area contributed by atoms with E-state index in [1.54, 1.807) is 49.4 Å². The molecule has 0 saturated heterocycles. The Balaban J connectivity index is 1.48. The first-order valence-electron chi connectivity index (χ1n) is 9.60. The molecule has 1 aromatic heterocycles. The van der Waals surface area contributed by atoms with Gasteiger partial charge < -0.3 is 14.0 Å². The smallest absolute Gasteiger partial charge is 0.338 e. The number of benzene rings is 2. The average Bonchev–Trinajstić information content (AvgIpc) is 3.08. The Morgan fingerprint density at radius 2 is 1.77 bits per heavy atom. The van der Waals surface area contributed by atoms with Crippen LogP contribution in [0.2, 0.25) is 0 Å². The first-order valence-corrected chi connectivity index (χ1v) is 9.60. The van der Waals surface area contributed by atoms with Crippen LogP contribution in [0.4, 0.5) is 0 Å². The highest BCUT2D eigenvalue weighted by Gasteiger charge is 2.14. The van der Waals surface area contributed by atoms with Crippen LogP contribution < -0.4 is 10.1 Å². The van der Waals surface area contributed by atoms with Gasteiger partial charge in [-0.05, 0) is 37.6 Å². The van der Waals surface area contributed by atoms with Crippen molar-refractivity contribution in [2.45, 2.75) is 26.9 Å². The number of amides is 2. The number of nitrogens with one attached hydrogen (secondary N) is 1. The number of carbonyl (C=O) groups excluding carboxylic acids is 3. The van der Waals surface area contributed by atoms with E-state index >= 15 is 0 Å². The molecular formula is C23H22N2O6. The third-order valence-electron chi connectivity index (χ3n) is 4.45. The van der Waals surface area contributed by atoms with Gasteiger partial charge in [0.1, 0.15) is 18.1 Å². The van der Waals surface area contributed by atoms with Crippen molar-refractivity contribution in [2.24, 2.45) is 0 Å². The lowest BCUT2D eigenvalue weighted by Crippen LogP contribution is -2.35. The maximum atomic E-state index is 12.3. The fourth-order valence-electron chi connectivity index (χ4n) is 2.81. The van der Waals surface area contributed by atoms with Gasteiger partial charge in [0.05, 0.1) is 23.2 Å². The minimum absolute atomic E-state index is 0.0606. The van der Waals surface area contributed by atoms with Gasteiger partial charge in [0, 0.05) is 0 Å². The van der Waals surface area contributed by atoms with Crippen molar-refractivity contribution < 1.29 is 28.4 Å². The standard InChI is InChI=1S/C23H22N2O6/c1-15-20(16(2)31-25-15)13-29-19-10-6-9-18(12-19)23(28)30-14-22(27)24-21(26)11-17-7-4-3-5-8-17/h3-10,12H,11,13-14H2,1-2H3,(H,24,26,27). The second-order valence-electron chi connectivity index (χ2n) is 6.83.